The molecule has 0 saturated carbocycles. The molecule has 0 radical (unpaired) electrons. The summed E-state index contributed by atoms with van der Waals surface area (Å²) in [6.45, 7) is 9.61. The van der Waals surface area contributed by atoms with Crippen molar-refractivity contribution in [3.8, 4) is 0 Å². The van der Waals surface area contributed by atoms with Gasteiger partial charge in [0.05, 0.1) is 25.2 Å². The van der Waals surface area contributed by atoms with E-state index in [1.54, 1.807) is 12.1 Å². The molecule has 29 heavy (non-hydrogen) atoms. The van der Waals surface area contributed by atoms with E-state index in [1.165, 1.54) is 4.31 Å². The fourth-order valence-electron chi connectivity index (χ4n) is 3.96. The van der Waals surface area contributed by atoms with E-state index in [9.17, 15) is 13.2 Å². The lowest BCUT2D eigenvalue weighted by Crippen LogP contribution is -2.53. The van der Waals surface area contributed by atoms with Gasteiger partial charge in [-0.2, -0.15) is 0 Å². The number of nitrogens with zero attached hydrogens (tertiary/aromatic N) is 2. The molecule has 2 rings (SSSR count). The van der Waals surface area contributed by atoms with E-state index in [0.717, 1.165) is 37.8 Å². The Morgan fingerprint density at radius 2 is 1.83 bits per heavy atom. The first-order valence-electron chi connectivity index (χ1n) is 10.4. The summed E-state index contributed by atoms with van der Waals surface area (Å²) in [6, 6.07) is 7.42. The average Bonchev–Trinajstić information content (AvgIpc) is 2.70. The fourth-order valence-corrected chi connectivity index (χ4v) is 4.88. The number of carbonyl (C=O) groups is 1. The summed E-state index contributed by atoms with van der Waals surface area (Å²) >= 11 is 0. The van der Waals surface area contributed by atoms with Crippen molar-refractivity contribution >= 4 is 21.6 Å². The standard InChI is InChI=1S/C21H35N3O4S/c1-5-18(6-2)20(23-11-13-28-14-12-23)15-22-21(25)16-24(29(4,26)27)19-10-8-7-9-17(19)3/h7-10,18,20H,5-6,11-16H2,1-4H3,(H,22,25). The molecule has 1 aliphatic rings. The van der Waals surface area contributed by atoms with Gasteiger partial charge in [0.15, 0.2) is 0 Å². The van der Waals surface area contributed by atoms with Crippen LogP contribution in [0.25, 0.3) is 0 Å². The number of morpholine rings is 1. The molecular formula is C21H35N3O4S. The zero-order chi connectivity index (χ0) is 21.4. The molecule has 1 aromatic carbocycles. The van der Waals surface area contributed by atoms with Crippen LogP contribution in [0.3, 0.4) is 0 Å². The molecule has 1 heterocycles. The first kappa shape index (κ1) is 23.6. The van der Waals surface area contributed by atoms with Gasteiger partial charge in [0, 0.05) is 25.7 Å². The highest BCUT2D eigenvalue weighted by Crippen LogP contribution is 2.22. The normalized spacial score (nSPS) is 16.6. The first-order chi connectivity index (χ1) is 13.8. The van der Waals surface area contributed by atoms with Crippen LogP contribution in [0.1, 0.15) is 32.3 Å². The van der Waals surface area contributed by atoms with Crippen molar-refractivity contribution < 1.29 is 17.9 Å². The largest absolute Gasteiger partial charge is 0.379 e. The molecule has 1 aliphatic heterocycles. The van der Waals surface area contributed by atoms with Crippen molar-refractivity contribution in [3.05, 3.63) is 29.8 Å². The molecule has 8 heteroatoms. The lowest BCUT2D eigenvalue weighted by molar-refractivity contribution is -0.120. The topological polar surface area (TPSA) is 79.0 Å². The van der Waals surface area contributed by atoms with E-state index >= 15 is 0 Å². The lowest BCUT2D eigenvalue weighted by Gasteiger charge is -2.39. The third-order valence-corrected chi connectivity index (χ3v) is 6.81. The third kappa shape index (κ3) is 6.69. The minimum atomic E-state index is -3.57. The molecule has 1 saturated heterocycles. The first-order valence-corrected chi connectivity index (χ1v) is 12.2. The molecule has 1 N–H and O–H groups in total. The molecule has 0 bridgehead atoms. The zero-order valence-electron chi connectivity index (χ0n) is 18.1. The van der Waals surface area contributed by atoms with Crippen LogP contribution in [0.4, 0.5) is 5.69 Å². The zero-order valence-corrected chi connectivity index (χ0v) is 18.9. The van der Waals surface area contributed by atoms with Crippen LogP contribution in [-0.2, 0) is 19.6 Å². The summed E-state index contributed by atoms with van der Waals surface area (Å²) in [4.78, 5) is 15.1. The van der Waals surface area contributed by atoms with E-state index in [4.69, 9.17) is 4.74 Å². The number of ether oxygens (including phenoxy) is 1. The Labute approximate surface area is 175 Å². The SMILES string of the molecule is CCC(CC)C(CNC(=O)CN(c1ccccc1C)S(C)(=O)=O)N1CCOCC1. The van der Waals surface area contributed by atoms with Crippen LogP contribution >= 0.6 is 0 Å². The average molecular weight is 426 g/mol. The van der Waals surface area contributed by atoms with Gasteiger partial charge in [-0.15, -0.1) is 0 Å². The monoisotopic (exact) mass is 425 g/mol. The Kier molecular flexibility index (Phi) is 8.92. The van der Waals surface area contributed by atoms with Crippen LogP contribution in [0.5, 0.6) is 0 Å². The van der Waals surface area contributed by atoms with E-state index in [-0.39, 0.29) is 18.5 Å². The van der Waals surface area contributed by atoms with Crippen LogP contribution in [-0.4, -0.2) is 70.9 Å². The van der Waals surface area contributed by atoms with E-state index in [1.807, 2.05) is 19.1 Å². The summed E-state index contributed by atoms with van der Waals surface area (Å²) in [7, 11) is -3.57. The molecule has 7 nitrogen and oxygen atoms in total. The fraction of sp³-hybridized carbons (Fsp3) is 0.667. The maximum atomic E-state index is 12.7. The van der Waals surface area contributed by atoms with Crippen LogP contribution in [0.15, 0.2) is 24.3 Å². The number of carbonyl (C=O) groups excluding carboxylic acids is 1. The Hall–Kier alpha value is -1.64. The molecule has 1 atom stereocenters. The number of para-hydroxylation sites is 1. The Morgan fingerprint density at radius 3 is 2.38 bits per heavy atom. The summed E-state index contributed by atoms with van der Waals surface area (Å²) in [5, 5.41) is 2.99. The molecule has 0 spiro atoms. The molecule has 0 aromatic heterocycles. The van der Waals surface area contributed by atoms with Gasteiger partial charge in [0.1, 0.15) is 6.54 Å². The highest BCUT2D eigenvalue weighted by atomic mass is 32.2. The van der Waals surface area contributed by atoms with Crippen molar-refractivity contribution in [2.45, 2.75) is 39.7 Å². The van der Waals surface area contributed by atoms with Gasteiger partial charge in [-0.25, -0.2) is 8.42 Å². The van der Waals surface area contributed by atoms with Gasteiger partial charge in [0.2, 0.25) is 15.9 Å². The van der Waals surface area contributed by atoms with E-state index in [0.29, 0.717) is 31.4 Å². The smallest absolute Gasteiger partial charge is 0.240 e. The molecule has 164 valence electrons. The Morgan fingerprint density at radius 1 is 1.21 bits per heavy atom. The summed E-state index contributed by atoms with van der Waals surface area (Å²) in [5.41, 5.74) is 1.35. The highest BCUT2D eigenvalue weighted by Gasteiger charge is 2.28. The predicted molar refractivity (Wildman–Crippen MR) is 117 cm³/mol. The minimum Gasteiger partial charge on any atom is -0.379 e. The second-order valence-electron chi connectivity index (χ2n) is 7.65. The van der Waals surface area contributed by atoms with E-state index < -0.39 is 10.0 Å². The molecular weight excluding hydrogens is 390 g/mol. The molecule has 1 amide bonds. The molecule has 1 fully saturated rings. The second kappa shape index (κ2) is 10.9. The number of benzene rings is 1. The highest BCUT2D eigenvalue weighted by molar-refractivity contribution is 7.92. The number of sulfonamides is 1. The predicted octanol–water partition coefficient (Wildman–Crippen LogP) is 2.01. The van der Waals surface area contributed by atoms with Crippen molar-refractivity contribution in [3.63, 3.8) is 0 Å². The summed E-state index contributed by atoms with van der Waals surface area (Å²) < 4.78 is 31.3. The number of hydrogen-bond acceptors (Lipinski definition) is 5. The lowest BCUT2D eigenvalue weighted by atomic mass is 9.92. The molecule has 1 aromatic rings. The molecule has 1 unspecified atom stereocenters. The van der Waals surface area contributed by atoms with Crippen LogP contribution < -0.4 is 9.62 Å². The quantitative estimate of drug-likeness (QED) is 0.620. The van der Waals surface area contributed by atoms with Gasteiger partial charge in [0.25, 0.3) is 0 Å². The Bertz CT molecular complexity index is 759. The third-order valence-electron chi connectivity index (χ3n) is 5.69. The maximum absolute atomic E-state index is 12.7. The second-order valence-corrected chi connectivity index (χ2v) is 9.56. The molecule has 0 aliphatic carbocycles. The minimum absolute atomic E-state index is 0.220. The number of anilines is 1. The van der Waals surface area contributed by atoms with Crippen molar-refractivity contribution in [1.82, 2.24) is 10.2 Å². The number of nitrogens with one attached hydrogen (secondary N) is 1. The van der Waals surface area contributed by atoms with Crippen LogP contribution in [0, 0.1) is 12.8 Å². The van der Waals surface area contributed by atoms with Gasteiger partial charge < -0.3 is 10.1 Å². The van der Waals surface area contributed by atoms with Crippen LogP contribution in [0.2, 0.25) is 0 Å². The van der Waals surface area contributed by atoms with Gasteiger partial charge in [-0.1, -0.05) is 44.9 Å². The Balaban J connectivity index is 2.08. The number of hydrogen-bond donors (Lipinski definition) is 1. The number of amides is 1. The summed E-state index contributed by atoms with van der Waals surface area (Å²) in [6.07, 6.45) is 3.20. The van der Waals surface area contributed by atoms with E-state index in [2.05, 4.69) is 24.1 Å². The number of rotatable bonds is 10. The number of aryl methyl sites for hydroxylation is 1. The van der Waals surface area contributed by atoms with Gasteiger partial charge in [-0.05, 0) is 24.5 Å². The summed E-state index contributed by atoms with van der Waals surface area (Å²) in [5.74, 6) is 0.179. The van der Waals surface area contributed by atoms with Gasteiger partial charge >= 0.3 is 0 Å². The van der Waals surface area contributed by atoms with Gasteiger partial charge in [-0.3, -0.25) is 14.0 Å². The van der Waals surface area contributed by atoms with Crippen molar-refractivity contribution in [1.29, 1.82) is 0 Å². The van der Waals surface area contributed by atoms with Crippen molar-refractivity contribution in [2.24, 2.45) is 5.92 Å². The maximum Gasteiger partial charge on any atom is 0.240 e. The van der Waals surface area contributed by atoms with Crippen molar-refractivity contribution in [2.75, 3.05) is 50.0 Å².